The van der Waals surface area contributed by atoms with Crippen LogP contribution in [0.2, 0.25) is 0 Å². The van der Waals surface area contributed by atoms with Crippen LogP contribution in [0, 0.1) is 13.8 Å². The van der Waals surface area contributed by atoms with Gasteiger partial charge in [0.05, 0.1) is 0 Å². The van der Waals surface area contributed by atoms with E-state index in [1.165, 1.54) is 0 Å². The minimum absolute atomic E-state index is 0.621. The van der Waals surface area contributed by atoms with E-state index in [0.29, 0.717) is 5.76 Å². The molecule has 90 valence electrons. The Morgan fingerprint density at radius 1 is 1.18 bits per heavy atom. The number of aliphatic hydroxyl groups is 1. The Labute approximate surface area is 102 Å². The topological polar surface area (TPSA) is 33.4 Å². The van der Waals surface area contributed by atoms with Crippen LogP contribution < -0.4 is 0 Å². The second kappa shape index (κ2) is 4.76. The highest BCUT2D eigenvalue weighted by molar-refractivity contribution is 5.35. The highest BCUT2D eigenvalue weighted by atomic mass is 16.4. The highest BCUT2D eigenvalue weighted by Crippen LogP contribution is 2.27. The van der Waals surface area contributed by atoms with Gasteiger partial charge in [0.1, 0.15) is 17.6 Å². The van der Waals surface area contributed by atoms with Crippen LogP contribution in [0.4, 0.5) is 0 Å². The van der Waals surface area contributed by atoms with Gasteiger partial charge >= 0.3 is 0 Å². The van der Waals surface area contributed by atoms with E-state index in [2.05, 4.69) is 0 Å². The number of rotatable bonds is 3. The second-order valence-electron chi connectivity index (χ2n) is 4.42. The molecule has 0 amide bonds. The highest BCUT2D eigenvalue weighted by Gasteiger charge is 2.16. The fraction of sp³-hybridized carbons (Fsp3) is 0.333. The van der Waals surface area contributed by atoms with Crippen LogP contribution in [-0.2, 0) is 6.42 Å². The third-order valence-electron chi connectivity index (χ3n) is 3.03. The Morgan fingerprint density at radius 2 is 1.94 bits per heavy atom. The van der Waals surface area contributed by atoms with E-state index in [4.69, 9.17) is 4.42 Å². The zero-order valence-electron chi connectivity index (χ0n) is 10.5. The summed E-state index contributed by atoms with van der Waals surface area (Å²) in [7, 11) is 0. The molecular weight excluding hydrogens is 212 g/mol. The van der Waals surface area contributed by atoms with Gasteiger partial charge in [-0.05, 0) is 37.1 Å². The summed E-state index contributed by atoms with van der Waals surface area (Å²) in [4.78, 5) is 0. The molecule has 1 heterocycles. The van der Waals surface area contributed by atoms with Gasteiger partial charge in [0, 0.05) is 6.42 Å². The molecule has 1 unspecified atom stereocenters. The summed E-state index contributed by atoms with van der Waals surface area (Å²) >= 11 is 0. The lowest BCUT2D eigenvalue weighted by Gasteiger charge is -2.12. The van der Waals surface area contributed by atoms with Gasteiger partial charge in [-0.3, -0.25) is 0 Å². The first-order valence-electron chi connectivity index (χ1n) is 5.95. The molecule has 0 aliphatic carbocycles. The van der Waals surface area contributed by atoms with E-state index in [-0.39, 0.29) is 0 Å². The number of aliphatic hydroxyl groups excluding tert-OH is 1. The van der Waals surface area contributed by atoms with Crippen molar-refractivity contribution < 1.29 is 9.52 Å². The Morgan fingerprint density at radius 3 is 2.59 bits per heavy atom. The smallest absolute Gasteiger partial charge is 0.137 e. The first kappa shape index (κ1) is 11.9. The summed E-state index contributed by atoms with van der Waals surface area (Å²) in [6.45, 7) is 6.06. The Balaban J connectivity index is 2.35. The summed E-state index contributed by atoms with van der Waals surface area (Å²) < 4.78 is 5.59. The summed E-state index contributed by atoms with van der Waals surface area (Å²) in [5.41, 5.74) is 3.14. The maximum atomic E-state index is 10.3. The minimum Gasteiger partial charge on any atom is -0.463 e. The maximum absolute atomic E-state index is 10.3. The van der Waals surface area contributed by atoms with E-state index in [9.17, 15) is 5.11 Å². The average molecular weight is 230 g/mol. The van der Waals surface area contributed by atoms with Crippen molar-refractivity contribution in [2.45, 2.75) is 33.3 Å². The van der Waals surface area contributed by atoms with Gasteiger partial charge in [-0.15, -0.1) is 0 Å². The third-order valence-corrected chi connectivity index (χ3v) is 3.03. The molecule has 1 N–H and O–H groups in total. The molecule has 2 aromatic rings. The first-order chi connectivity index (χ1) is 8.11. The first-order valence-corrected chi connectivity index (χ1v) is 5.95. The predicted molar refractivity (Wildman–Crippen MR) is 68.1 cm³/mol. The fourth-order valence-electron chi connectivity index (χ4n) is 1.94. The van der Waals surface area contributed by atoms with Crippen molar-refractivity contribution in [3.63, 3.8) is 0 Å². The van der Waals surface area contributed by atoms with Crippen LogP contribution in [0.5, 0.6) is 0 Å². The zero-order chi connectivity index (χ0) is 12.4. The quantitative estimate of drug-likeness (QED) is 0.874. The van der Waals surface area contributed by atoms with Crippen molar-refractivity contribution in [3.8, 4) is 0 Å². The van der Waals surface area contributed by atoms with Crippen LogP contribution in [0.3, 0.4) is 0 Å². The number of hydrogen-bond donors (Lipinski definition) is 1. The summed E-state index contributed by atoms with van der Waals surface area (Å²) in [6.07, 6.45) is 0.176. The van der Waals surface area contributed by atoms with Gasteiger partial charge in [-0.2, -0.15) is 0 Å². The van der Waals surface area contributed by atoms with Gasteiger partial charge in [0.2, 0.25) is 0 Å². The molecular formula is C15H18O2. The van der Waals surface area contributed by atoms with Gasteiger partial charge in [0.25, 0.3) is 0 Å². The number of benzene rings is 1. The third kappa shape index (κ3) is 2.42. The lowest BCUT2D eigenvalue weighted by Crippen LogP contribution is -2.01. The molecule has 2 rings (SSSR count). The Bertz CT molecular complexity index is 511. The van der Waals surface area contributed by atoms with Gasteiger partial charge in [-0.25, -0.2) is 0 Å². The molecule has 0 radical (unpaired) electrons. The van der Waals surface area contributed by atoms with E-state index in [1.807, 2.05) is 51.1 Å². The molecule has 0 bridgehead atoms. The average Bonchev–Trinajstić information content (AvgIpc) is 2.80. The second-order valence-corrected chi connectivity index (χ2v) is 4.42. The molecule has 0 saturated carbocycles. The zero-order valence-corrected chi connectivity index (χ0v) is 10.5. The van der Waals surface area contributed by atoms with Gasteiger partial charge in [0.15, 0.2) is 0 Å². The number of hydrogen-bond acceptors (Lipinski definition) is 2. The molecule has 2 heteroatoms. The Kier molecular flexibility index (Phi) is 3.34. The lowest BCUT2D eigenvalue weighted by atomic mass is 9.99. The monoisotopic (exact) mass is 230 g/mol. The van der Waals surface area contributed by atoms with Gasteiger partial charge < -0.3 is 9.52 Å². The molecule has 0 saturated heterocycles. The van der Waals surface area contributed by atoms with Crippen molar-refractivity contribution in [1.29, 1.82) is 0 Å². The SMILES string of the molecule is CCc1ccc(C(O)c2cc(C)ccc2C)o1. The molecule has 0 aliphatic heterocycles. The van der Waals surface area contributed by atoms with E-state index in [1.54, 1.807) is 0 Å². The fourth-order valence-corrected chi connectivity index (χ4v) is 1.94. The van der Waals surface area contributed by atoms with Crippen LogP contribution in [0.25, 0.3) is 0 Å². The molecule has 2 nitrogen and oxygen atoms in total. The molecule has 1 aromatic heterocycles. The van der Waals surface area contributed by atoms with Crippen molar-refractivity contribution in [2.24, 2.45) is 0 Å². The van der Waals surface area contributed by atoms with Crippen LogP contribution in [0.1, 0.15) is 41.2 Å². The standard InChI is InChI=1S/C15H18O2/c1-4-12-7-8-14(17-12)15(16)13-9-10(2)5-6-11(13)3/h5-9,15-16H,4H2,1-3H3. The van der Waals surface area contributed by atoms with E-state index >= 15 is 0 Å². The molecule has 1 atom stereocenters. The molecule has 1 aromatic carbocycles. The molecule has 17 heavy (non-hydrogen) atoms. The van der Waals surface area contributed by atoms with E-state index in [0.717, 1.165) is 28.9 Å². The minimum atomic E-state index is -0.671. The predicted octanol–water partition coefficient (Wildman–Crippen LogP) is 3.54. The van der Waals surface area contributed by atoms with Crippen molar-refractivity contribution in [3.05, 3.63) is 58.5 Å². The number of furan rings is 1. The lowest BCUT2D eigenvalue weighted by molar-refractivity contribution is 0.186. The molecule has 0 fully saturated rings. The van der Waals surface area contributed by atoms with Crippen LogP contribution >= 0.6 is 0 Å². The van der Waals surface area contributed by atoms with Gasteiger partial charge in [-0.1, -0.05) is 30.7 Å². The van der Waals surface area contributed by atoms with Crippen molar-refractivity contribution in [2.75, 3.05) is 0 Å². The summed E-state index contributed by atoms with van der Waals surface area (Å²) in [5.74, 6) is 1.53. The number of aryl methyl sites for hydroxylation is 3. The van der Waals surface area contributed by atoms with Crippen LogP contribution in [-0.4, -0.2) is 5.11 Å². The summed E-state index contributed by atoms with van der Waals surface area (Å²) in [6, 6.07) is 9.85. The molecule has 0 spiro atoms. The van der Waals surface area contributed by atoms with Crippen molar-refractivity contribution in [1.82, 2.24) is 0 Å². The normalized spacial score (nSPS) is 12.7. The largest absolute Gasteiger partial charge is 0.463 e. The van der Waals surface area contributed by atoms with Crippen LogP contribution in [0.15, 0.2) is 34.7 Å². The Hall–Kier alpha value is -1.54. The summed E-state index contributed by atoms with van der Waals surface area (Å²) in [5, 5.41) is 10.3. The molecule has 0 aliphatic rings. The maximum Gasteiger partial charge on any atom is 0.137 e. The van der Waals surface area contributed by atoms with E-state index < -0.39 is 6.10 Å². The van der Waals surface area contributed by atoms with Crippen molar-refractivity contribution >= 4 is 0 Å².